The Morgan fingerprint density at radius 1 is 0.255 bits per heavy atom. The molecule has 4 aliphatic heterocycles. The van der Waals surface area contributed by atoms with Gasteiger partial charge in [0.15, 0.2) is 49.6 Å². The first-order chi connectivity index (χ1) is 38.3. The molecule has 20 atom stereocenters. The van der Waals surface area contributed by atoms with Gasteiger partial charge in [0, 0.05) is 6.61 Å². The average molecular weight is 1630 g/mol. The van der Waals surface area contributed by atoms with E-state index in [1.165, 1.54) is 0 Å². The zero-order chi connectivity index (χ0) is 65.0. The summed E-state index contributed by atoms with van der Waals surface area (Å²) in [5.41, 5.74) is 0. The molecule has 4 aliphatic rings. The first kappa shape index (κ1) is 112. The van der Waals surface area contributed by atoms with Crippen LogP contribution in [0.5, 0.6) is 0 Å². The summed E-state index contributed by atoms with van der Waals surface area (Å²) >= 11 is 0. The standard InChI is InChI=1S/C32H58O44S9.9Na/c1-6-7-8-9-10-11-12-60-29-26(74-83(51,52)53)22(70-79(39,40)41)17(13(2)61-29)65-30-25(73-82(48,49)50)21(19(15(4)63-30)68-77(33,34)35)67-32-27(75-84(54,55)56)23(71-80(42,43)44)18(14(3)62-32)66-31-28(76-85(57,58)59)24(72-81(45,46)47)20(16(5)64-31)69-78(36,37)38;;;;;;;;;/h13-32H,6-12H2,1-5H3,(H,33,34,35)(H,36,37,38)(H,39,40,41)(H,42,43,44)(H,45,46,47)(H,48,49,50)(H,51,52,53)(H,54,55,56)(H,57,58,59);;;;;;;;;/q;9*+1/p-9/t13-,14-,15-,16-,17+,18+,19+,20+,21+,22+,23+,24+,25-,26-,27-,28-,29-,30-,31-,32-;;;;;;;;;/m0........./s1. The van der Waals surface area contributed by atoms with E-state index in [2.05, 4.69) is 37.6 Å². The molecule has 0 aromatic heterocycles. The van der Waals surface area contributed by atoms with E-state index in [0.29, 0.717) is 33.6 Å². The maximum atomic E-state index is 12.5. The van der Waals surface area contributed by atoms with Gasteiger partial charge in [-0.25, -0.2) is 75.8 Å². The molecule has 0 saturated carbocycles. The topological polar surface area (TPSA) is 672 Å². The third kappa shape index (κ3) is 41.0. The zero-order valence-corrected chi connectivity index (χ0v) is 77.5. The van der Waals surface area contributed by atoms with Gasteiger partial charge in [0.1, 0.15) is 48.8 Å². The number of rotatable bonds is 32. The molecule has 62 heteroatoms. The third-order valence-electron chi connectivity index (χ3n) is 11.6. The van der Waals surface area contributed by atoms with E-state index in [4.69, 9.17) is 37.9 Å². The van der Waals surface area contributed by atoms with Crippen LogP contribution in [-0.2, 0) is 169 Å². The van der Waals surface area contributed by atoms with E-state index in [1.54, 1.807) is 0 Å². The first-order valence-corrected chi connectivity index (χ1v) is 35.3. The minimum absolute atomic E-state index is 0. The Morgan fingerprint density at radius 2 is 0.447 bits per heavy atom. The fourth-order valence-electron chi connectivity index (χ4n) is 8.66. The van der Waals surface area contributed by atoms with E-state index >= 15 is 0 Å². The summed E-state index contributed by atoms with van der Waals surface area (Å²) < 4.78 is 410. The molecule has 504 valence electrons. The normalized spacial score (nSPS) is 32.0. The summed E-state index contributed by atoms with van der Waals surface area (Å²) in [7, 11) is -57.0. The summed E-state index contributed by atoms with van der Waals surface area (Å²) in [4.78, 5) is 0. The zero-order valence-electron chi connectivity index (χ0n) is 52.1. The molecule has 0 unspecified atom stereocenters. The maximum absolute atomic E-state index is 12.5. The molecule has 4 heterocycles. The molecule has 0 radical (unpaired) electrons. The Hall–Kier alpha value is 7.51. The summed E-state index contributed by atoms with van der Waals surface area (Å²) in [6.45, 7) is 4.24. The van der Waals surface area contributed by atoms with Gasteiger partial charge in [0.05, 0.1) is 24.4 Å². The van der Waals surface area contributed by atoms with E-state index < -0.39 is 216 Å². The molecular formula is C32H49Na9O44S9. The Labute approximate surface area is 741 Å². The van der Waals surface area contributed by atoms with Crippen molar-refractivity contribution in [3.8, 4) is 0 Å². The molecule has 0 amide bonds. The molecule has 94 heavy (non-hydrogen) atoms. The van der Waals surface area contributed by atoms with Crippen molar-refractivity contribution in [3.05, 3.63) is 0 Å². The van der Waals surface area contributed by atoms with Crippen molar-refractivity contribution in [2.45, 2.75) is 196 Å². The van der Waals surface area contributed by atoms with Crippen molar-refractivity contribution < 1.29 is 458 Å². The van der Waals surface area contributed by atoms with Crippen molar-refractivity contribution in [1.82, 2.24) is 0 Å². The predicted octanol–water partition coefficient (Wildman–Crippen LogP) is -33.9. The average Bonchev–Trinajstić information content (AvgIpc) is 0.767. The molecule has 0 aromatic carbocycles. The van der Waals surface area contributed by atoms with E-state index in [0.717, 1.165) is 26.2 Å². The molecule has 0 bridgehead atoms. The van der Waals surface area contributed by atoms with Gasteiger partial charge in [-0.1, -0.05) is 39.0 Å². The Kier molecular flexibility index (Phi) is 56.2. The van der Waals surface area contributed by atoms with Crippen LogP contribution in [0.1, 0.15) is 73.1 Å². The quantitative estimate of drug-likeness (QED) is 0.0261. The van der Waals surface area contributed by atoms with Crippen LogP contribution < -0.4 is 266 Å². The molecule has 0 aliphatic carbocycles. The molecule has 0 aromatic rings. The number of unbranched alkanes of at least 4 members (excludes halogenated alkanes) is 5. The van der Waals surface area contributed by atoms with Gasteiger partial charge in [-0.3, -0.25) is 37.6 Å². The summed E-state index contributed by atoms with van der Waals surface area (Å²) in [5, 5.41) is 0. The van der Waals surface area contributed by atoms with Crippen LogP contribution in [0.3, 0.4) is 0 Å². The molecule has 44 nitrogen and oxygen atoms in total. The fraction of sp³-hybridized carbons (Fsp3) is 1.00. The van der Waals surface area contributed by atoms with Crippen LogP contribution in [0.2, 0.25) is 0 Å². The predicted molar refractivity (Wildman–Crippen MR) is 242 cm³/mol. The minimum atomic E-state index is -6.58. The largest absolute Gasteiger partial charge is 1.00 e. The SMILES string of the molecule is CCCCCCCCO[C@H]1O[C@@H](C)[C@@H](O[C@@H]2O[C@@H](C)[C@@H](OS(=O)(=O)[O-])[C@@H](O[C@@H]3O[C@@H](C)[C@@H](O[C@@H]4O[C@@H](C)[C@@H](OS(=O)(=O)[O-])[C@@H](OS(=O)(=O)[O-])[C@@H]4OS(=O)(=O)[O-])[C@@H](OS(=O)(=O)[O-])[C@@H]3OS(=O)(=O)[O-])[C@@H]2OS(=O)(=O)[O-])[C@@H](OS(=O)(=O)[O-])[C@@H]1OS(=O)(=O)[O-].[Na+].[Na+].[Na+].[Na+].[Na+].[Na+].[Na+].[Na+].[Na+]. The molecule has 4 saturated heterocycles. The van der Waals surface area contributed by atoms with Crippen LogP contribution in [-0.4, -0.2) is 246 Å². The number of hydrogen-bond donors (Lipinski definition) is 0. The number of hydrogen-bond acceptors (Lipinski definition) is 44. The van der Waals surface area contributed by atoms with Crippen LogP contribution in [0.15, 0.2) is 0 Å². The first-order valence-electron chi connectivity index (χ1n) is 23.3. The smallest absolute Gasteiger partial charge is 0.726 e. The van der Waals surface area contributed by atoms with Gasteiger partial charge in [0.2, 0.25) is 93.6 Å². The fourth-order valence-corrected chi connectivity index (χ4v) is 13.1. The van der Waals surface area contributed by atoms with Crippen LogP contribution in [0.4, 0.5) is 0 Å². The summed E-state index contributed by atoms with van der Waals surface area (Å²) in [5.74, 6) is 0. The monoisotopic (exact) mass is 1630 g/mol. The van der Waals surface area contributed by atoms with Gasteiger partial charge in [-0.15, -0.1) is 0 Å². The second-order valence-corrected chi connectivity index (χ2v) is 27.1. The molecule has 4 fully saturated rings. The van der Waals surface area contributed by atoms with Crippen molar-refractivity contribution in [2.24, 2.45) is 0 Å². The molecule has 4 rings (SSSR count). The second-order valence-electron chi connectivity index (χ2n) is 18.0. The van der Waals surface area contributed by atoms with Crippen molar-refractivity contribution in [1.29, 1.82) is 0 Å². The Balaban J connectivity index is -0.00000215. The molecular weight excluding hydrogens is 1580 g/mol. The molecule has 0 N–H and O–H groups in total. The third-order valence-corrected chi connectivity index (χ3v) is 15.7. The Bertz CT molecular complexity index is 3330. The number of ether oxygens (including phenoxy) is 8. The van der Waals surface area contributed by atoms with Gasteiger partial charge < -0.3 is 78.9 Å². The van der Waals surface area contributed by atoms with Crippen LogP contribution >= 0.6 is 0 Å². The molecule has 0 spiro atoms. The summed E-state index contributed by atoms with van der Waals surface area (Å²) in [6, 6.07) is 0. The minimum Gasteiger partial charge on any atom is -0.726 e. The van der Waals surface area contributed by atoms with Gasteiger partial charge in [-0.2, -0.15) is 0 Å². The van der Waals surface area contributed by atoms with Crippen LogP contribution in [0.25, 0.3) is 0 Å². The maximum Gasteiger partial charge on any atom is 1.00 e. The van der Waals surface area contributed by atoms with E-state index in [9.17, 15) is 117 Å². The van der Waals surface area contributed by atoms with Crippen molar-refractivity contribution in [3.63, 3.8) is 0 Å². The Morgan fingerprint density at radius 3 is 0.734 bits per heavy atom. The van der Waals surface area contributed by atoms with E-state index in [-0.39, 0.29) is 279 Å². The van der Waals surface area contributed by atoms with Gasteiger partial charge >= 0.3 is 266 Å². The van der Waals surface area contributed by atoms with Gasteiger partial charge in [-0.05, 0) is 34.1 Å². The van der Waals surface area contributed by atoms with Crippen LogP contribution in [0, 0.1) is 0 Å². The van der Waals surface area contributed by atoms with Gasteiger partial charge in [0.25, 0.3) is 0 Å². The summed E-state index contributed by atoms with van der Waals surface area (Å²) in [6.07, 6.45) is -53.6. The van der Waals surface area contributed by atoms with Crippen molar-refractivity contribution >= 4 is 93.6 Å². The van der Waals surface area contributed by atoms with E-state index in [1.807, 2.05) is 6.92 Å². The second kappa shape index (κ2) is 47.0. The van der Waals surface area contributed by atoms with Crippen molar-refractivity contribution in [2.75, 3.05) is 6.61 Å².